The molecule has 4 rings (SSSR count). The van der Waals surface area contributed by atoms with E-state index in [2.05, 4.69) is 30.1 Å². The summed E-state index contributed by atoms with van der Waals surface area (Å²) in [4.78, 5) is 15.5. The molecule has 0 spiro atoms. The number of nitrogens with zero attached hydrogens (tertiary/aromatic N) is 1. The monoisotopic (exact) mass is 384 g/mol. The molecule has 0 aliphatic carbocycles. The molecule has 2 aromatic rings. The Morgan fingerprint density at radius 1 is 1.11 bits per heavy atom. The minimum atomic E-state index is -0.101. The molecule has 0 saturated carbocycles. The Morgan fingerprint density at radius 2 is 1.79 bits per heavy atom. The lowest BCUT2D eigenvalue weighted by Crippen LogP contribution is -2.48. The summed E-state index contributed by atoms with van der Waals surface area (Å²) in [7, 11) is 0. The molecule has 2 aliphatic heterocycles. The van der Waals surface area contributed by atoms with E-state index in [0.717, 1.165) is 49.1 Å². The molecule has 0 bridgehead atoms. The van der Waals surface area contributed by atoms with Crippen molar-refractivity contribution in [2.45, 2.75) is 46.5 Å². The van der Waals surface area contributed by atoms with Gasteiger partial charge in [0, 0.05) is 42.7 Å². The van der Waals surface area contributed by atoms with E-state index in [1.807, 2.05) is 13.0 Å². The number of hydrogen-bond donors (Lipinski definition) is 1. The van der Waals surface area contributed by atoms with Gasteiger partial charge < -0.3 is 19.4 Å². The highest BCUT2D eigenvalue weighted by molar-refractivity contribution is 5.99. The van der Waals surface area contributed by atoms with Crippen LogP contribution in [0.5, 0.6) is 0 Å². The second-order valence-electron chi connectivity index (χ2n) is 8.77. The van der Waals surface area contributed by atoms with Gasteiger partial charge in [0.1, 0.15) is 5.58 Å². The Morgan fingerprint density at radius 3 is 2.50 bits per heavy atom. The third kappa shape index (κ3) is 3.83. The predicted molar refractivity (Wildman–Crippen MR) is 111 cm³/mol. The number of fused-ring (bicyclic) bond motifs is 1. The van der Waals surface area contributed by atoms with Gasteiger partial charge in [-0.3, -0.25) is 4.79 Å². The first-order valence-electron chi connectivity index (χ1n) is 10.6. The van der Waals surface area contributed by atoms with Crippen LogP contribution in [0.4, 0.5) is 0 Å². The van der Waals surface area contributed by atoms with E-state index in [1.54, 1.807) is 0 Å². The number of hydrogen-bond acceptors (Lipinski definition) is 4. The minimum absolute atomic E-state index is 0.101. The van der Waals surface area contributed by atoms with Crippen LogP contribution >= 0.6 is 0 Å². The first kappa shape index (κ1) is 19.5. The van der Waals surface area contributed by atoms with Crippen LogP contribution in [0, 0.1) is 26.2 Å². The minimum Gasteiger partial charge on any atom is -0.451 e. The van der Waals surface area contributed by atoms with Crippen LogP contribution in [0.3, 0.4) is 0 Å². The summed E-state index contributed by atoms with van der Waals surface area (Å²) in [6.45, 7) is 11.8. The molecule has 0 unspecified atom stereocenters. The summed E-state index contributed by atoms with van der Waals surface area (Å²) in [5, 5.41) is 4.23. The molecule has 1 aromatic carbocycles. The summed E-state index contributed by atoms with van der Waals surface area (Å²) in [5.41, 5.74) is 4.22. The number of carbonyl (C=O) groups excluding carboxylic acids is 1. The molecular formula is C23H32N2O3. The van der Waals surface area contributed by atoms with Crippen LogP contribution in [0.1, 0.15) is 52.9 Å². The first-order valence-corrected chi connectivity index (χ1v) is 10.6. The first-order chi connectivity index (χ1) is 13.5. The fourth-order valence-electron chi connectivity index (χ4n) is 4.65. The maximum Gasteiger partial charge on any atom is 0.287 e. The maximum atomic E-state index is 13.0. The number of likely N-dealkylation sites (tertiary alicyclic amines) is 1. The van der Waals surface area contributed by atoms with E-state index < -0.39 is 0 Å². The number of carbonyl (C=O) groups is 1. The second kappa shape index (κ2) is 7.88. The highest BCUT2D eigenvalue weighted by Crippen LogP contribution is 2.33. The zero-order chi connectivity index (χ0) is 19.7. The predicted octanol–water partition coefficient (Wildman–Crippen LogP) is 3.98. The molecule has 0 radical (unpaired) electrons. The van der Waals surface area contributed by atoms with Gasteiger partial charge in [-0.25, -0.2) is 0 Å². The van der Waals surface area contributed by atoms with Gasteiger partial charge in [0.15, 0.2) is 5.76 Å². The van der Waals surface area contributed by atoms with E-state index >= 15 is 0 Å². The maximum absolute atomic E-state index is 13.0. The Balaban J connectivity index is 1.50. The van der Waals surface area contributed by atoms with Crippen molar-refractivity contribution >= 4 is 16.9 Å². The van der Waals surface area contributed by atoms with Crippen molar-refractivity contribution in [1.29, 1.82) is 0 Å². The number of ether oxygens (including phenoxy) is 1. The molecule has 3 heterocycles. The second-order valence-corrected chi connectivity index (χ2v) is 8.77. The van der Waals surface area contributed by atoms with Gasteiger partial charge in [-0.2, -0.15) is 0 Å². The number of amides is 1. The van der Waals surface area contributed by atoms with Crippen molar-refractivity contribution in [3.05, 3.63) is 34.6 Å². The zero-order valence-electron chi connectivity index (χ0n) is 17.4. The highest BCUT2D eigenvalue weighted by atomic mass is 16.5. The molecule has 28 heavy (non-hydrogen) atoms. The zero-order valence-corrected chi connectivity index (χ0v) is 17.4. The van der Waals surface area contributed by atoms with E-state index in [4.69, 9.17) is 9.15 Å². The van der Waals surface area contributed by atoms with Crippen LogP contribution in [-0.4, -0.2) is 50.2 Å². The molecular weight excluding hydrogens is 352 g/mol. The Kier molecular flexibility index (Phi) is 5.48. The van der Waals surface area contributed by atoms with E-state index in [9.17, 15) is 4.79 Å². The largest absolute Gasteiger partial charge is 0.451 e. The van der Waals surface area contributed by atoms with Gasteiger partial charge in [0.2, 0.25) is 0 Å². The quantitative estimate of drug-likeness (QED) is 0.847. The molecule has 5 nitrogen and oxygen atoms in total. The number of rotatable bonds is 5. The van der Waals surface area contributed by atoms with Crippen LogP contribution in [0.2, 0.25) is 0 Å². The Hall–Kier alpha value is -1.85. The summed E-state index contributed by atoms with van der Waals surface area (Å²) in [5.74, 6) is 0.347. The molecule has 2 fully saturated rings. The molecule has 1 aromatic heterocycles. The number of benzene rings is 1. The van der Waals surface area contributed by atoms with Crippen LogP contribution < -0.4 is 5.32 Å². The fourth-order valence-corrected chi connectivity index (χ4v) is 4.65. The van der Waals surface area contributed by atoms with E-state index in [1.165, 1.54) is 37.1 Å². The standard InChI is InChI=1S/C23H32N2O3/c1-16-12-19-18(3)21(28-20(19)13-17(16)2)22(26)24-14-23(6-10-27-11-7-23)15-25-8-4-5-9-25/h12-13H,4-11,14-15H2,1-3H3,(H,24,26). The van der Waals surface area contributed by atoms with Crippen molar-refractivity contribution in [1.82, 2.24) is 10.2 Å². The van der Waals surface area contributed by atoms with Gasteiger partial charge in [0.25, 0.3) is 5.91 Å². The Labute approximate surface area is 167 Å². The van der Waals surface area contributed by atoms with Crippen LogP contribution in [0.25, 0.3) is 11.0 Å². The van der Waals surface area contributed by atoms with Crippen molar-refractivity contribution in [3.8, 4) is 0 Å². The number of nitrogens with one attached hydrogen (secondary N) is 1. The normalized spacial score (nSPS) is 20.0. The van der Waals surface area contributed by atoms with Gasteiger partial charge in [0.05, 0.1) is 0 Å². The van der Waals surface area contributed by atoms with Gasteiger partial charge >= 0.3 is 0 Å². The molecule has 1 N–H and O–H groups in total. The lowest BCUT2D eigenvalue weighted by atomic mass is 9.79. The third-order valence-electron chi connectivity index (χ3n) is 6.69. The third-order valence-corrected chi connectivity index (χ3v) is 6.69. The van der Waals surface area contributed by atoms with Crippen molar-refractivity contribution in [2.24, 2.45) is 5.41 Å². The van der Waals surface area contributed by atoms with Gasteiger partial charge in [-0.15, -0.1) is 0 Å². The topological polar surface area (TPSA) is 54.7 Å². The SMILES string of the molecule is Cc1cc2oc(C(=O)NCC3(CN4CCCC4)CCOCC3)c(C)c2cc1C. The Bertz CT molecular complexity index is 858. The van der Waals surface area contributed by atoms with Crippen LogP contribution in [0.15, 0.2) is 16.5 Å². The van der Waals surface area contributed by atoms with Crippen molar-refractivity contribution < 1.29 is 13.9 Å². The average Bonchev–Trinajstić information content (AvgIpc) is 3.30. The molecule has 2 aliphatic rings. The van der Waals surface area contributed by atoms with Gasteiger partial charge in [-0.1, -0.05) is 0 Å². The smallest absolute Gasteiger partial charge is 0.287 e. The van der Waals surface area contributed by atoms with E-state index in [0.29, 0.717) is 12.3 Å². The molecule has 2 saturated heterocycles. The summed E-state index contributed by atoms with van der Waals surface area (Å²) >= 11 is 0. The number of furan rings is 1. The summed E-state index contributed by atoms with van der Waals surface area (Å²) < 4.78 is 11.6. The lowest BCUT2D eigenvalue weighted by Gasteiger charge is -2.40. The molecule has 5 heteroatoms. The fraction of sp³-hybridized carbons (Fsp3) is 0.609. The summed E-state index contributed by atoms with van der Waals surface area (Å²) in [6.07, 6.45) is 4.58. The molecule has 0 atom stereocenters. The molecule has 1 amide bonds. The molecule has 152 valence electrons. The summed E-state index contributed by atoms with van der Waals surface area (Å²) in [6, 6.07) is 4.15. The van der Waals surface area contributed by atoms with Crippen LogP contribution in [-0.2, 0) is 4.74 Å². The van der Waals surface area contributed by atoms with Gasteiger partial charge in [-0.05, 0) is 82.8 Å². The lowest BCUT2D eigenvalue weighted by molar-refractivity contribution is -0.000747. The number of aryl methyl sites for hydroxylation is 3. The van der Waals surface area contributed by atoms with Crippen molar-refractivity contribution in [3.63, 3.8) is 0 Å². The van der Waals surface area contributed by atoms with Crippen molar-refractivity contribution in [2.75, 3.05) is 39.4 Å². The highest BCUT2D eigenvalue weighted by Gasteiger charge is 2.36. The average molecular weight is 385 g/mol. The van der Waals surface area contributed by atoms with E-state index in [-0.39, 0.29) is 11.3 Å².